The smallest absolute Gasteiger partial charge is 0.226 e. The van der Waals surface area contributed by atoms with Gasteiger partial charge in [0.15, 0.2) is 0 Å². The molecule has 1 amide bonds. The van der Waals surface area contributed by atoms with Gasteiger partial charge >= 0.3 is 0 Å². The van der Waals surface area contributed by atoms with Crippen molar-refractivity contribution < 1.29 is 4.79 Å². The maximum absolute atomic E-state index is 12.6. The third-order valence-corrected chi connectivity index (χ3v) is 5.28. The van der Waals surface area contributed by atoms with Crippen molar-refractivity contribution in [2.45, 2.75) is 31.7 Å². The number of nitrogens with one attached hydrogen (secondary N) is 1. The number of rotatable bonds is 3. The summed E-state index contributed by atoms with van der Waals surface area (Å²) in [7, 11) is 0. The summed E-state index contributed by atoms with van der Waals surface area (Å²) in [5.74, 6) is 0.281. The fourth-order valence-electron chi connectivity index (χ4n) is 3.39. The number of likely N-dealkylation sites (tertiary alicyclic amines) is 1. The number of amides is 1. The lowest BCUT2D eigenvalue weighted by Crippen LogP contribution is -2.47. The van der Waals surface area contributed by atoms with E-state index in [1.165, 1.54) is 0 Å². The van der Waals surface area contributed by atoms with Gasteiger partial charge in [0.2, 0.25) is 5.91 Å². The highest BCUT2D eigenvalue weighted by Crippen LogP contribution is 2.31. The second-order valence-corrected chi connectivity index (χ2v) is 6.74. The van der Waals surface area contributed by atoms with Crippen LogP contribution in [0, 0.1) is 5.92 Å². The van der Waals surface area contributed by atoms with E-state index in [0.29, 0.717) is 22.5 Å². The van der Waals surface area contributed by atoms with Gasteiger partial charge in [0, 0.05) is 35.1 Å². The summed E-state index contributed by atoms with van der Waals surface area (Å²) in [6, 6.07) is 5.87. The van der Waals surface area contributed by atoms with E-state index in [1.54, 1.807) is 0 Å². The highest BCUT2D eigenvalue weighted by Gasteiger charge is 2.36. The second kappa shape index (κ2) is 6.55. The summed E-state index contributed by atoms with van der Waals surface area (Å²) < 4.78 is 0. The van der Waals surface area contributed by atoms with Crippen molar-refractivity contribution >= 4 is 29.1 Å². The van der Waals surface area contributed by atoms with Crippen LogP contribution in [0.15, 0.2) is 18.2 Å². The summed E-state index contributed by atoms with van der Waals surface area (Å²) in [5, 5.41) is 4.70. The summed E-state index contributed by atoms with van der Waals surface area (Å²) in [5.41, 5.74) is 0.905. The largest absolute Gasteiger partial charge is 0.338 e. The Labute approximate surface area is 135 Å². The van der Waals surface area contributed by atoms with Crippen LogP contribution in [0.5, 0.6) is 0 Å². The van der Waals surface area contributed by atoms with Gasteiger partial charge < -0.3 is 10.2 Å². The SMILES string of the molecule is O=C1C(Cc2c(Cl)cccc2Cl)CCN1C1CCCNC1. The number of hydrogen-bond donors (Lipinski definition) is 1. The van der Waals surface area contributed by atoms with Crippen LogP contribution in [0.25, 0.3) is 0 Å². The predicted octanol–water partition coefficient (Wildman–Crippen LogP) is 3.14. The Morgan fingerprint density at radius 3 is 2.67 bits per heavy atom. The van der Waals surface area contributed by atoms with E-state index in [4.69, 9.17) is 23.2 Å². The molecule has 3 rings (SSSR count). The van der Waals surface area contributed by atoms with E-state index in [1.807, 2.05) is 18.2 Å². The molecule has 2 aliphatic rings. The van der Waals surface area contributed by atoms with Crippen LogP contribution < -0.4 is 5.32 Å². The van der Waals surface area contributed by atoms with E-state index in [-0.39, 0.29) is 11.8 Å². The van der Waals surface area contributed by atoms with Crippen LogP contribution in [0.4, 0.5) is 0 Å². The van der Waals surface area contributed by atoms with Gasteiger partial charge in [0.05, 0.1) is 0 Å². The van der Waals surface area contributed by atoms with Gasteiger partial charge in [-0.3, -0.25) is 4.79 Å². The van der Waals surface area contributed by atoms with Crippen molar-refractivity contribution in [2.75, 3.05) is 19.6 Å². The molecule has 114 valence electrons. The molecule has 0 aromatic heterocycles. The standard InChI is InChI=1S/C16H20Cl2N2O/c17-14-4-1-5-15(18)13(14)9-11-6-8-20(16(11)21)12-3-2-7-19-10-12/h1,4-5,11-12,19H,2-3,6-10H2. The number of piperidine rings is 1. The minimum atomic E-state index is 0.0179. The van der Waals surface area contributed by atoms with Crippen LogP contribution in [-0.4, -0.2) is 36.5 Å². The zero-order valence-corrected chi connectivity index (χ0v) is 13.5. The molecule has 0 bridgehead atoms. The van der Waals surface area contributed by atoms with E-state index in [9.17, 15) is 4.79 Å². The van der Waals surface area contributed by atoms with Crippen molar-refractivity contribution in [3.05, 3.63) is 33.8 Å². The van der Waals surface area contributed by atoms with Gasteiger partial charge in [-0.25, -0.2) is 0 Å². The quantitative estimate of drug-likeness (QED) is 0.925. The van der Waals surface area contributed by atoms with Crippen molar-refractivity contribution in [3.8, 4) is 0 Å². The Kier molecular flexibility index (Phi) is 4.72. The molecular formula is C16H20Cl2N2O. The molecule has 21 heavy (non-hydrogen) atoms. The first kappa shape index (κ1) is 15.1. The summed E-state index contributed by atoms with van der Waals surface area (Å²) in [6.07, 6.45) is 3.80. The number of carbonyl (C=O) groups excluding carboxylic acids is 1. The maximum atomic E-state index is 12.6. The van der Waals surface area contributed by atoms with E-state index < -0.39 is 0 Å². The van der Waals surface area contributed by atoms with Gasteiger partial charge in [-0.1, -0.05) is 29.3 Å². The molecule has 0 radical (unpaired) electrons. The average molecular weight is 327 g/mol. The second-order valence-electron chi connectivity index (χ2n) is 5.92. The topological polar surface area (TPSA) is 32.3 Å². The third kappa shape index (κ3) is 3.20. The molecule has 0 aliphatic carbocycles. The normalized spacial score (nSPS) is 26.4. The molecule has 5 heteroatoms. The summed E-state index contributed by atoms with van der Waals surface area (Å²) in [6.45, 7) is 2.85. The molecule has 0 spiro atoms. The fourth-order valence-corrected chi connectivity index (χ4v) is 3.94. The van der Waals surface area contributed by atoms with Gasteiger partial charge in [-0.05, 0) is 49.9 Å². The molecule has 2 atom stereocenters. The van der Waals surface area contributed by atoms with Crippen LogP contribution in [0.3, 0.4) is 0 Å². The minimum Gasteiger partial charge on any atom is -0.338 e. The average Bonchev–Trinajstić information content (AvgIpc) is 2.85. The number of nitrogens with zero attached hydrogens (tertiary/aromatic N) is 1. The highest BCUT2D eigenvalue weighted by atomic mass is 35.5. The van der Waals surface area contributed by atoms with Gasteiger partial charge in [-0.15, -0.1) is 0 Å². The number of carbonyl (C=O) groups is 1. The number of halogens is 2. The zero-order valence-electron chi connectivity index (χ0n) is 11.9. The van der Waals surface area contributed by atoms with Crippen LogP contribution in [0.1, 0.15) is 24.8 Å². The van der Waals surface area contributed by atoms with E-state index in [0.717, 1.165) is 44.5 Å². The summed E-state index contributed by atoms with van der Waals surface area (Å²) >= 11 is 12.4. The lowest BCUT2D eigenvalue weighted by molar-refractivity contribution is -0.133. The molecule has 1 aromatic carbocycles. The Bertz CT molecular complexity index is 509. The molecule has 1 aromatic rings. The van der Waals surface area contributed by atoms with Crippen LogP contribution in [-0.2, 0) is 11.2 Å². The Morgan fingerprint density at radius 1 is 1.24 bits per heavy atom. The Balaban J connectivity index is 1.69. The Hall–Kier alpha value is -0.770. The van der Waals surface area contributed by atoms with Crippen LogP contribution >= 0.6 is 23.2 Å². The highest BCUT2D eigenvalue weighted by molar-refractivity contribution is 6.36. The van der Waals surface area contributed by atoms with E-state index in [2.05, 4.69) is 10.2 Å². The van der Waals surface area contributed by atoms with Crippen LogP contribution in [0.2, 0.25) is 10.0 Å². The maximum Gasteiger partial charge on any atom is 0.226 e. The molecule has 3 nitrogen and oxygen atoms in total. The first-order valence-corrected chi connectivity index (χ1v) is 8.36. The third-order valence-electron chi connectivity index (χ3n) is 4.57. The molecule has 2 fully saturated rings. The molecular weight excluding hydrogens is 307 g/mol. The van der Waals surface area contributed by atoms with Crippen molar-refractivity contribution in [3.63, 3.8) is 0 Å². The fraction of sp³-hybridized carbons (Fsp3) is 0.562. The van der Waals surface area contributed by atoms with Crippen molar-refractivity contribution in [1.29, 1.82) is 0 Å². The number of hydrogen-bond acceptors (Lipinski definition) is 2. The zero-order chi connectivity index (χ0) is 14.8. The molecule has 0 saturated carbocycles. The summed E-state index contributed by atoms with van der Waals surface area (Å²) in [4.78, 5) is 14.7. The molecule has 2 heterocycles. The van der Waals surface area contributed by atoms with Gasteiger partial charge in [0.25, 0.3) is 0 Å². The first-order valence-electron chi connectivity index (χ1n) is 7.61. The van der Waals surface area contributed by atoms with E-state index >= 15 is 0 Å². The lowest BCUT2D eigenvalue weighted by atomic mass is 9.97. The lowest BCUT2D eigenvalue weighted by Gasteiger charge is -2.31. The predicted molar refractivity (Wildman–Crippen MR) is 85.9 cm³/mol. The van der Waals surface area contributed by atoms with Crippen molar-refractivity contribution in [1.82, 2.24) is 10.2 Å². The number of benzene rings is 1. The van der Waals surface area contributed by atoms with Gasteiger partial charge in [0.1, 0.15) is 0 Å². The molecule has 1 N–H and O–H groups in total. The molecule has 2 aliphatic heterocycles. The Morgan fingerprint density at radius 2 is 2.00 bits per heavy atom. The van der Waals surface area contributed by atoms with Gasteiger partial charge in [-0.2, -0.15) is 0 Å². The monoisotopic (exact) mass is 326 g/mol. The first-order chi connectivity index (χ1) is 10.2. The molecule has 2 unspecified atom stereocenters. The minimum absolute atomic E-state index is 0.0179. The molecule has 2 saturated heterocycles. The van der Waals surface area contributed by atoms with Crippen molar-refractivity contribution in [2.24, 2.45) is 5.92 Å².